The van der Waals surface area contributed by atoms with Gasteiger partial charge in [-0.05, 0) is 18.2 Å². The van der Waals surface area contributed by atoms with Crippen LogP contribution in [0.5, 0.6) is 0 Å². The monoisotopic (exact) mass is 292 g/mol. The second kappa shape index (κ2) is 5.91. The van der Waals surface area contributed by atoms with Crippen molar-refractivity contribution in [2.75, 3.05) is 26.2 Å². The number of benzene rings is 1. The van der Waals surface area contributed by atoms with Gasteiger partial charge in [-0.25, -0.2) is 21.9 Å². The maximum Gasteiger partial charge on any atom is 0.240 e. The number of sulfonamides is 1. The predicted molar refractivity (Wildman–Crippen MR) is 64.2 cm³/mol. The molecule has 19 heavy (non-hydrogen) atoms. The van der Waals surface area contributed by atoms with E-state index >= 15 is 0 Å². The summed E-state index contributed by atoms with van der Waals surface area (Å²) in [6.45, 7) is 1.86. The Labute approximate surface area is 110 Å². The molecule has 0 amide bonds. The maximum atomic E-state index is 13.0. The predicted octanol–water partition coefficient (Wildman–Crippen LogP) is 0.231. The molecule has 8 heteroatoms. The van der Waals surface area contributed by atoms with Crippen LogP contribution in [-0.4, -0.2) is 40.8 Å². The molecule has 1 aliphatic rings. The molecule has 1 aromatic carbocycles. The van der Waals surface area contributed by atoms with Crippen molar-refractivity contribution in [3.8, 4) is 0 Å². The molecule has 1 fully saturated rings. The van der Waals surface area contributed by atoms with Crippen LogP contribution in [-0.2, 0) is 14.8 Å². The lowest BCUT2D eigenvalue weighted by Gasteiger charge is -2.23. The molecule has 5 nitrogen and oxygen atoms in total. The minimum Gasteiger partial charge on any atom is -0.374 e. The van der Waals surface area contributed by atoms with Gasteiger partial charge in [0.2, 0.25) is 10.0 Å². The minimum absolute atomic E-state index is 0.0777. The summed E-state index contributed by atoms with van der Waals surface area (Å²) in [5, 5.41) is 3.06. The van der Waals surface area contributed by atoms with Gasteiger partial charge in [0.25, 0.3) is 0 Å². The van der Waals surface area contributed by atoms with Gasteiger partial charge in [-0.1, -0.05) is 0 Å². The van der Waals surface area contributed by atoms with Gasteiger partial charge in [-0.15, -0.1) is 0 Å². The molecule has 2 N–H and O–H groups in total. The first-order valence-electron chi connectivity index (χ1n) is 5.76. The fourth-order valence-corrected chi connectivity index (χ4v) is 2.76. The lowest BCUT2D eigenvalue weighted by Crippen LogP contribution is -2.45. The number of nitrogens with one attached hydrogen (secondary N) is 2. The zero-order valence-corrected chi connectivity index (χ0v) is 10.8. The molecular formula is C11H14F2N2O3S. The van der Waals surface area contributed by atoms with Crippen LogP contribution in [0, 0.1) is 11.6 Å². The molecular weight excluding hydrogens is 278 g/mol. The Kier molecular flexibility index (Phi) is 4.46. The van der Waals surface area contributed by atoms with E-state index in [2.05, 4.69) is 10.0 Å². The Morgan fingerprint density at radius 3 is 2.79 bits per heavy atom. The van der Waals surface area contributed by atoms with Crippen LogP contribution in [0.2, 0.25) is 0 Å². The van der Waals surface area contributed by atoms with Crippen molar-refractivity contribution in [2.24, 2.45) is 0 Å². The van der Waals surface area contributed by atoms with Crippen molar-refractivity contribution in [1.29, 1.82) is 0 Å². The van der Waals surface area contributed by atoms with Crippen molar-refractivity contribution in [3.63, 3.8) is 0 Å². The molecule has 0 aliphatic carbocycles. The van der Waals surface area contributed by atoms with Gasteiger partial charge in [0, 0.05) is 19.6 Å². The van der Waals surface area contributed by atoms with E-state index in [1.54, 1.807) is 0 Å². The summed E-state index contributed by atoms with van der Waals surface area (Å²) in [5.41, 5.74) is 0. The number of hydrogen-bond acceptors (Lipinski definition) is 4. The first kappa shape index (κ1) is 14.3. The Hall–Kier alpha value is -1.09. The van der Waals surface area contributed by atoms with E-state index in [4.69, 9.17) is 4.74 Å². The number of ether oxygens (including phenoxy) is 1. The summed E-state index contributed by atoms with van der Waals surface area (Å²) in [6.07, 6.45) is -0.270. The second-order valence-electron chi connectivity index (χ2n) is 4.12. The van der Waals surface area contributed by atoms with E-state index in [1.807, 2.05) is 0 Å². The lowest BCUT2D eigenvalue weighted by molar-refractivity contribution is 0.0324. The van der Waals surface area contributed by atoms with E-state index in [0.717, 1.165) is 18.7 Å². The molecule has 1 unspecified atom stereocenters. The molecule has 0 bridgehead atoms. The fraction of sp³-hybridized carbons (Fsp3) is 0.455. The second-order valence-corrected chi connectivity index (χ2v) is 5.89. The third-order valence-electron chi connectivity index (χ3n) is 2.71. The van der Waals surface area contributed by atoms with Crippen molar-refractivity contribution in [3.05, 3.63) is 29.8 Å². The minimum atomic E-state index is -3.86. The van der Waals surface area contributed by atoms with Gasteiger partial charge in [0.15, 0.2) is 11.6 Å². The SMILES string of the molecule is O=S(=O)(NCC1CNCCO1)c1ccc(F)c(F)c1. The summed E-state index contributed by atoms with van der Waals surface area (Å²) in [6, 6.07) is 2.45. The molecule has 0 aromatic heterocycles. The average molecular weight is 292 g/mol. The maximum absolute atomic E-state index is 13.0. The van der Waals surface area contributed by atoms with Crippen molar-refractivity contribution in [1.82, 2.24) is 10.0 Å². The topological polar surface area (TPSA) is 67.4 Å². The number of halogens is 2. The van der Waals surface area contributed by atoms with Crippen LogP contribution in [0.1, 0.15) is 0 Å². The smallest absolute Gasteiger partial charge is 0.240 e. The van der Waals surface area contributed by atoms with Crippen molar-refractivity contribution >= 4 is 10.0 Å². The summed E-state index contributed by atoms with van der Waals surface area (Å²) in [5.74, 6) is -2.28. The summed E-state index contributed by atoms with van der Waals surface area (Å²) in [4.78, 5) is -0.310. The average Bonchev–Trinajstić information content (AvgIpc) is 2.41. The molecule has 0 radical (unpaired) electrons. The van der Waals surface area contributed by atoms with Gasteiger partial charge in [-0.2, -0.15) is 0 Å². The number of rotatable bonds is 4. The highest BCUT2D eigenvalue weighted by atomic mass is 32.2. The van der Waals surface area contributed by atoms with Gasteiger partial charge in [-0.3, -0.25) is 0 Å². The first-order chi connectivity index (χ1) is 8.99. The molecule has 1 atom stereocenters. The zero-order valence-electron chi connectivity index (χ0n) is 10.0. The molecule has 1 heterocycles. The van der Waals surface area contributed by atoms with Crippen LogP contribution in [0.15, 0.2) is 23.1 Å². The highest BCUT2D eigenvalue weighted by Crippen LogP contribution is 2.13. The molecule has 1 saturated heterocycles. The summed E-state index contributed by atoms with van der Waals surface area (Å²) >= 11 is 0. The van der Waals surface area contributed by atoms with E-state index in [-0.39, 0.29) is 17.5 Å². The van der Waals surface area contributed by atoms with E-state index in [0.29, 0.717) is 19.2 Å². The molecule has 0 spiro atoms. The standard InChI is InChI=1S/C11H14F2N2O3S/c12-10-2-1-9(5-11(10)13)19(16,17)15-7-8-6-14-3-4-18-8/h1-2,5,8,14-15H,3-4,6-7H2. The lowest BCUT2D eigenvalue weighted by atomic mass is 10.3. The Morgan fingerprint density at radius 1 is 1.37 bits per heavy atom. The molecule has 106 valence electrons. The molecule has 2 rings (SSSR count). The van der Waals surface area contributed by atoms with E-state index < -0.39 is 21.7 Å². The van der Waals surface area contributed by atoms with Gasteiger partial charge in [0.05, 0.1) is 17.6 Å². The Bertz CT molecular complexity index is 545. The van der Waals surface area contributed by atoms with E-state index in [9.17, 15) is 17.2 Å². The highest BCUT2D eigenvalue weighted by Gasteiger charge is 2.20. The largest absolute Gasteiger partial charge is 0.374 e. The quantitative estimate of drug-likeness (QED) is 0.834. The number of hydrogen-bond donors (Lipinski definition) is 2. The molecule has 0 saturated carbocycles. The third-order valence-corrected chi connectivity index (χ3v) is 4.13. The van der Waals surface area contributed by atoms with Gasteiger partial charge >= 0.3 is 0 Å². The normalized spacial score (nSPS) is 20.4. The van der Waals surface area contributed by atoms with Crippen LogP contribution in [0.3, 0.4) is 0 Å². The van der Waals surface area contributed by atoms with Gasteiger partial charge in [0.1, 0.15) is 0 Å². The fourth-order valence-electron chi connectivity index (χ4n) is 1.68. The Morgan fingerprint density at radius 2 is 2.16 bits per heavy atom. The Balaban J connectivity index is 2.02. The summed E-state index contributed by atoms with van der Waals surface area (Å²) < 4.78 is 57.1. The first-order valence-corrected chi connectivity index (χ1v) is 7.24. The third kappa shape index (κ3) is 3.69. The van der Waals surface area contributed by atoms with Crippen LogP contribution >= 0.6 is 0 Å². The number of morpholine rings is 1. The molecule has 1 aliphatic heterocycles. The highest BCUT2D eigenvalue weighted by molar-refractivity contribution is 7.89. The molecule has 1 aromatic rings. The zero-order chi connectivity index (χ0) is 13.9. The van der Waals surface area contributed by atoms with E-state index in [1.165, 1.54) is 0 Å². The van der Waals surface area contributed by atoms with Crippen LogP contribution < -0.4 is 10.0 Å². The van der Waals surface area contributed by atoms with Crippen molar-refractivity contribution in [2.45, 2.75) is 11.0 Å². The van der Waals surface area contributed by atoms with Crippen LogP contribution in [0.25, 0.3) is 0 Å². The van der Waals surface area contributed by atoms with Crippen molar-refractivity contribution < 1.29 is 21.9 Å². The van der Waals surface area contributed by atoms with Gasteiger partial charge < -0.3 is 10.1 Å². The summed E-state index contributed by atoms with van der Waals surface area (Å²) in [7, 11) is -3.86. The van der Waals surface area contributed by atoms with Crippen LogP contribution in [0.4, 0.5) is 8.78 Å².